The van der Waals surface area contributed by atoms with Crippen LogP contribution in [0.1, 0.15) is 11.1 Å². The molecule has 1 aliphatic carbocycles. The summed E-state index contributed by atoms with van der Waals surface area (Å²) in [6, 6.07) is 78.6. The normalized spacial score (nSPS) is 12.3. The summed E-state index contributed by atoms with van der Waals surface area (Å²) in [5.74, 6) is 0. The van der Waals surface area contributed by atoms with Gasteiger partial charge in [0.05, 0.1) is 0 Å². The Hall–Kier alpha value is -8.10. The molecule has 1 aromatic heterocycles. The van der Waals surface area contributed by atoms with Gasteiger partial charge < -0.3 is 0 Å². The summed E-state index contributed by atoms with van der Waals surface area (Å²) in [4.78, 5) is 0. The average Bonchev–Trinajstić information content (AvgIpc) is 3.92. The van der Waals surface area contributed by atoms with E-state index >= 15 is 0 Å². The summed E-state index contributed by atoms with van der Waals surface area (Å²) in [6.45, 7) is 4.36. The lowest BCUT2D eigenvalue weighted by Gasteiger charge is -2.20. The van der Waals surface area contributed by atoms with Crippen molar-refractivity contribution in [2.75, 3.05) is 0 Å². The largest absolute Gasteiger partial charge is 0.135 e. The molecular weight excluding hydrogens is 825 g/mol. The van der Waals surface area contributed by atoms with Crippen molar-refractivity contribution in [1.82, 2.24) is 0 Å². The monoisotopic (exact) mass is 864 g/mol. The molecule has 0 fully saturated rings. The molecule has 13 aromatic carbocycles. The Bertz CT molecular complexity index is 4280. The summed E-state index contributed by atoms with van der Waals surface area (Å²) >= 11 is 1.92. The standard InChI is InChI=1S/C66H40S/c1-37-23-27-40(28-24-37)60-50-14-3-4-15-51(50)61(41-29-25-38(2)26-30-41)65-55-34-32-44(47-19-10-21-54(63(47)55)64(60)65)56-35-42(36-57-45-13-5-6-22-58(45)67-66(56)57)43-31-33-53-49-17-8-12-39-11-7-16-48(59(39)49)52-20-9-18-46(43)62(52)53/h3-36H,1-2H3. The Balaban J connectivity index is 1.04. The van der Waals surface area contributed by atoms with Crippen molar-refractivity contribution < 1.29 is 0 Å². The van der Waals surface area contributed by atoms with Crippen molar-refractivity contribution >= 4 is 96.1 Å². The molecule has 1 aliphatic rings. The van der Waals surface area contributed by atoms with E-state index in [1.54, 1.807) is 0 Å². The summed E-state index contributed by atoms with van der Waals surface area (Å²) in [7, 11) is 0. The molecule has 0 bridgehead atoms. The highest BCUT2D eigenvalue weighted by atomic mass is 32.1. The van der Waals surface area contributed by atoms with Crippen LogP contribution >= 0.6 is 11.3 Å². The summed E-state index contributed by atoms with van der Waals surface area (Å²) in [6.07, 6.45) is 0. The fraction of sp³-hybridized carbons (Fsp3) is 0.0303. The van der Waals surface area contributed by atoms with Crippen LogP contribution in [0.25, 0.3) is 152 Å². The first kappa shape index (κ1) is 37.2. The number of aryl methyl sites for hydroxylation is 2. The predicted octanol–water partition coefficient (Wildman–Crippen LogP) is 19.3. The van der Waals surface area contributed by atoms with Gasteiger partial charge in [0, 0.05) is 25.7 Å². The van der Waals surface area contributed by atoms with Crippen molar-refractivity contribution in [3.8, 4) is 66.8 Å². The van der Waals surface area contributed by atoms with Gasteiger partial charge in [0.15, 0.2) is 0 Å². The minimum Gasteiger partial charge on any atom is -0.135 e. The first-order chi connectivity index (χ1) is 33.1. The molecule has 0 saturated carbocycles. The van der Waals surface area contributed by atoms with Crippen molar-refractivity contribution in [3.05, 3.63) is 217 Å². The van der Waals surface area contributed by atoms with Gasteiger partial charge in [0.25, 0.3) is 0 Å². The van der Waals surface area contributed by atoms with Gasteiger partial charge in [-0.15, -0.1) is 11.3 Å². The highest BCUT2D eigenvalue weighted by Gasteiger charge is 2.32. The van der Waals surface area contributed by atoms with Crippen molar-refractivity contribution in [2.24, 2.45) is 0 Å². The van der Waals surface area contributed by atoms with E-state index in [0.717, 1.165) is 0 Å². The van der Waals surface area contributed by atoms with Gasteiger partial charge >= 0.3 is 0 Å². The SMILES string of the molecule is Cc1ccc(-c2c3c(c(-c4ccc(C)cc4)c4ccccc24)-c2ccc(-c4cc(-c5ccc6c7cccc8cccc(c9cccc5c96)c87)cc5c4sc4ccccc45)c4cccc-3c24)cc1. The lowest BCUT2D eigenvalue weighted by Crippen LogP contribution is -1.93. The lowest BCUT2D eigenvalue weighted by atomic mass is 9.82. The van der Waals surface area contributed by atoms with E-state index in [4.69, 9.17) is 0 Å². The Kier molecular flexibility index (Phi) is 7.61. The second-order valence-corrected chi connectivity index (χ2v) is 19.8. The molecule has 0 radical (unpaired) electrons. The van der Waals surface area contributed by atoms with E-state index in [1.807, 2.05) is 11.3 Å². The smallest absolute Gasteiger partial charge is 0.0434 e. The van der Waals surface area contributed by atoms with E-state index in [0.29, 0.717) is 0 Å². The van der Waals surface area contributed by atoms with Crippen molar-refractivity contribution in [1.29, 1.82) is 0 Å². The molecule has 14 aromatic rings. The summed E-state index contributed by atoms with van der Waals surface area (Å²) in [5.41, 5.74) is 18.0. The molecule has 67 heavy (non-hydrogen) atoms. The van der Waals surface area contributed by atoms with Crippen molar-refractivity contribution in [3.63, 3.8) is 0 Å². The van der Waals surface area contributed by atoms with Crippen molar-refractivity contribution in [2.45, 2.75) is 13.8 Å². The predicted molar refractivity (Wildman–Crippen MR) is 291 cm³/mol. The lowest BCUT2D eigenvalue weighted by molar-refractivity contribution is 1.47. The quantitative estimate of drug-likeness (QED) is 0.122. The van der Waals surface area contributed by atoms with Gasteiger partial charge in [-0.1, -0.05) is 199 Å². The van der Waals surface area contributed by atoms with Gasteiger partial charge in [0.1, 0.15) is 0 Å². The Morgan fingerprint density at radius 2 is 0.761 bits per heavy atom. The molecule has 0 spiro atoms. The number of benzene rings is 13. The van der Waals surface area contributed by atoms with E-state index < -0.39 is 0 Å². The third kappa shape index (κ3) is 5.12. The van der Waals surface area contributed by atoms with Crippen LogP contribution in [0.3, 0.4) is 0 Å². The maximum absolute atomic E-state index is 2.51. The van der Waals surface area contributed by atoms with Crippen LogP contribution in [0.5, 0.6) is 0 Å². The minimum atomic E-state index is 1.24. The van der Waals surface area contributed by atoms with Gasteiger partial charge in [-0.25, -0.2) is 0 Å². The number of fused-ring (bicyclic) bond motifs is 9. The molecule has 0 aliphatic heterocycles. The van der Waals surface area contributed by atoms with Crippen LogP contribution < -0.4 is 0 Å². The highest BCUT2D eigenvalue weighted by Crippen LogP contribution is 2.59. The van der Waals surface area contributed by atoms with Crippen LogP contribution in [-0.4, -0.2) is 0 Å². The van der Waals surface area contributed by atoms with E-state index in [1.165, 1.54) is 163 Å². The topological polar surface area (TPSA) is 0 Å². The Labute approximate surface area is 392 Å². The molecule has 1 heterocycles. The molecule has 0 N–H and O–H groups in total. The van der Waals surface area contributed by atoms with E-state index in [2.05, 4.69) is 220 Å². The molecule has 0 atom stereocenters. The molecule has 0 amide bonds. The zero-order valence-corrected chi connectivity index (χ0v) is 37.9. The van der Waals surface area contributed by atoms with E-state index in [-0.39, 0.29) is 0 Å². The summed E-state index contributed by atoms with van der Waals surface area (Å²) < 4.78 is 2.64. The van der Waals surface area contributed by atoms with Crippen LogP contribution in [-0.2, 0) is 0 Å². The first-order valence-corrected chi connectivity index (χ1v) is 24.2. The molecular formula is C66H40S. The minimum absolute atomic E-state index is 1.24. The highest BCUT2D eigenvalue weighted by molar-refractivity contribution is 7.26. The van der Waals surface area contributed by atoms with Crippen LogP contribution in [0.2, 0.25) is 0 Å². The number of rotatable bonds is 4. The number of hydrogen-bond acceptors (Lipinski definition) is 1. The zero-order chi connectivity index (χ0) is 44.1. The fourth-order valence-electron chi connectivity index (χ4n) is 12.2. The van der Waals surface area contributed by atoms with Crippen LogP contribution in [0.4, 0.5) is 0 Å². The first-order valence-electron chi connectivity index (χ1n) is 23.4. The second kappa shape index (κ2) is 13.7. The molecule has 1 heteroatoms. The van der Waals surface area contributed by atoms with E-state index in [9.17, 15) is 0 Å². The molecule has 310 valence electrons. The maximum Gasteiger partial charge on any atom is 0.0434 e. The number of thiophene rings is 1. The van der Waals surface area contributed by atoms with Crippen LogP contribution in [0, 0.1) is 13.8 Å². The Morgan fingerprint density at radius 1 is 0.269 bits per heavy atom. The average molecular weight is 865 g/mol. The molecule has 0 saturated heterocycles. The molecule has 0 nitrogen and oxygen atoms in total. The maximum atomic E-state index is 2.51. The summed E-state index contributed by atoms with van der Waals surface area (Å²) in [5, 5.41) is 18.4. The molecule has 15 rings (SSSR count). The molecule has 0 unspecified atom stereocenters. The van der Waals surface area contributed by atoms with Gasteiger partial charge in [-0.3, -0.25) is 0 Å². The second-order valence-electron chi connectivity index (χ2n) is 18.8. The van der Waals surface area contributed by atoms with Gasteiger partial charge in [-0.05, 0) is 158 Å². The van der Waals surface area contributed by atoms with Gasteiger partial charge in [0.2, 0.25) is 0 Å². The Morgan fingerprint density at radius 3 is 1.43 bits per heavy atom. The van der Waals surface area contributed by atoms with Crippen LogP contribution in [0.15, 0.2) is 206 Å². The third-order valence-corrected chi connectivity index (χ3v) is 16.3. The fourth-order valence-corrected chi connectivity index (χ4v) is 13.4. The zero-order valence-electron chi connectivity index (χ0n) is 37.0. The third-order valence-electron chi connectivity index (χ3n) is 15.1. The van der Waals surface area contributed by atoms with Gasteiger partial charge in [-0.2, -0.15) is 0 Å². The number of hydrogen-bond donors (Lipinski definition) is 0.